The van der Waals surface area contributed by atoms with E-state index in [2.05, 4.69) is 15.9 Å². The number of hydrogen-bond donors (Lipinski definition) is 1. The highest BCUT2D eigenvalue weighted by atomic mass is 79.9. The van der Waals surface area contributed by atoms with Gasteiger partial charge in [0.25, 0.3) is 0 Å². The fourth-order valence-electron chi connectivity index (χ4n) is 3.28. The average molecular weight is 295 g/mol. The molecule has 2 fully saturated rings. The number of fused-ring (bicyclic) bond motifs is 1. The molecule has 0 bridgehead atoms. The van der Waals surface area contributed by atoms with E-state index in [0.29, 0.717) is 18.3 Å². The van der Waals surface area contributed by atoms with Crippen LogP contribution in [0.2, 0.25) is 0 Å². The van der Waals surface area contributed by atoms with Gasteiger partial charge in [-0.05, 0) is 55.2 Å². The van der Waals surface area contributed by atoms with E-state index in [-0.39, 0.29) is 0 Å². The first-order valence-corrected chi connectivity index (χ1v) is 6.86. The van der Waals surface area contributed by atoms with Gasteiger partial charge in [0.1, 0.15) is 0 Å². The van der Waals surface area contributed by atoms with Crippen molar-refractivity contribution in [3.05, 3.63) is 34.3 Å². The van der Waals surface area contributed by atoms with E-state index in [0.717, 1.165) is 22.9 Å². The van der Waals surface area contributed by atoms with E-state index in [1.165, 1.54) is 6.42 Å². The van der Waals surface area contributed by atoms with Crippen molar-refractivity contribution in [1.82, 2.24) is 0 Å². The molecule has 0 aromatic heterocycles. The summed E-state index contributed by atoms with van der Waals surface area (Å²) in [5, 5.41) is 9.51. The molecule has 1 N–H and O–H groups in total. The summed E-state index contributed by atoms with van der Waals surface area (Å²) in [6, 6.07) is 8.03. The zero-order chi connectivity index (χ0) is 12.0. The van der Waals surface area contributed by atoms with Crippen molar-refractivity contribution in [3.8, 4) is 0 Å². The molecule has 3 heteroatoms. The van der Waals surface area contributed by atoms with E-state index in [1.807, 2.05) is 24.3 Å². The molecule has 2 aliphatic carbocycles. The highest BCUT2D eigenvalue weighted by Gasteiger charge is 2.57. The van der Waals surface area contributed by atoms with Crippen LogP contribution < -0.4 is 0 Å². The third-order valence-electron chi connectivity index (χ3n) is 4.28. The fourth-order valence-corrected chi connectivity index (χ4v) is 3.55. The lowest BCUT2D eigenvalue weighted by Gasteiger charge is -2.26. The topological polar surface area (TPSA) is 37.3 Å². The summed E-state index contributed by atoms with van der Waals surface area (Å²) in [5.41, 5.74) is 0.651. The molecule has 1 aromatic rings. The summed E-state index contributed by atoms with van der Waals surface area (Å²) < 4.78 is 1.04. The van der Waals surface area contributed by atoms with Crippen LogP contribution >= 0.6 is 15.9 Å². The Morgan fingerprint density at radius 3 is 2.41 bits per heavy atom. The van der Waals surface area contributed by atoms with Crippen molar-refractivity contribution >= 4 is 21.9 Å². The number of halogens is 1. The molecule has 0 heterocycles. The van der Waals surface area contributed by atoms with Gasteiger partial charge in [-0.15, -0.1) is 0 Å². The monoisotopic (exact) mass is 294 g/mol. The van der Waals surface area contributed by atoms with Crippen LogP contribution in [-0.4, -0.2) is 11.1 Å². The number of benzene rings is 1. The number of carbonyl (C=O) groups is 1. The molecule has 0 spiro atoms. The molecule has 3 rings (SSSR count). The Morgan fingerprint density at radius 2 is 1.88 bits per heavy atom. The van der Waals surface area contributed by atoms with Gasteiger partial charge in [-0.25, -0.2) is 0 Å². The lowest BCUT2D eigenvalue weighted by molar-refractivity contribution is -0.149. The van der Waals surface area contributed by atoms with Crippen LogP contribution in [0.15, 0.2) is 28.7 Å². The first-order valence-electron chi connectivity index (χ1n) is 6.07. The van der Waals surface area contributed by atoms with Crippen LogP contribution in [0, 0.1) is 17.3 Å². The SMILES string of the molecule is O=C(O)C1(Cc2ccc(Br)cc2)CC2CC2C1. The first kappa shape index (κ1) is 11.3. The molecule has 0 aliphatic heterocycles. The minimum atomic E-state index is -0.604. The van der Waals surface area contributed by atoms with Crippen molar-refractivity contribution in [2.24, 2.45) is 17.3 Å². The predicted octanol–water partition coefficient (Wildman–Crippen LogP) is 3.49. The smallest absolute Gasteiger partial charge is 0.309 e. The number of rotatable bonds is 3. The minimum Gasteiger partial charge on any atom is -0.481 e. The summed E-state index contributed by atoms with van der Waals surface area (Å²) in [6.07, 6.45) is 3.70. The Kier molecular flexibility index (Phi) is 2.54. The predicted molar refractivity (Wildman–Crippen MR) is 68.7 cm³/mol. The van der Waals surface area contributed by atoms with E-state index in [4.69, 9.17) is 0 Å². The van der Waals surface area contributed by atoms with Crippen molar-refractivity contribution in [2.45, 2.75) is 25.7 Å². The second-order valence-corrected chi connectivity index (χ2v) is 6.47. The molecule has 2 aliphatic rings. The highest BCUT2D eigenvalue weighted by Crippen LogP contribution is 2.60. The summed E-state index contributed by atoms with van der Waals surface area (Å²) in [7, 11) is 0. The van der Waals surface area contributed by atoms with Gasteiger partial charge in [-0.1, -0.05) is 28.1 Å². The molecule has 0 saturated heterocycles. The van der Waals surface area contributed by atoms with Crippen LogP contribution in [0.1, 0.15) is 24.8 Å². The zero-order valence-corrected chi connectivity index (χ0v) is 11.1. The quantitative estimate of drug-likeness (QED) is 0.926. The number of hydrogen-bond acceptors (Lipinski definition) is 1. The summed E-state index contributed by atoms with van der Waals surface area (Å²) in [6.45, 7) is 0. The highest BCUT2D eigenvalue weighted by molar-refractivity contribution is 9.10. The van der Waals surface area contributed by atoms with E-state index in [1.54, 1.807) is 0 Å². The van der Waals surface area contributed by atoms with Gasteiger partial charge in [0.15, 0.2) is 0 Å². The Balaban J connectivity index is 1.81. The Bertz CT molecular complexity index is 442. The Labute approximate surface area is 109 Å². The molecule has 2 saturated carbocycles. The summed E-state index contributed by atoms with van der Waals surface area (Å²) in [4.78, 5) is 11.6. The second-order valence-electron chi connectivity index (χ2n) is 5.55. The lowest BCUT2D eigenvalue weighted by atomic mass is 9.77. The molecule has 0 radical (unpaired) electrons. The van der Waals surface area contributed by atoms with Gasteiger partial charge in [0.2, 0.25) is 0 Å². The maximum absolute atomic E-state index is 11.6. The van der Waals surface area contributed by atoms with Gasteiger partial charge >= 0.3 is 5.97 Å². The van der Waals surface area contributed by atoms with Crippen molar-refractivity contribution in [1.29, 1.82) is 0 Å². The third-order valence-corrected chi connectivity index (χ3v) is 4.81. The number of aliphatic carboxylic acids is 1. The molecular weight excluding hydrogens is 280 g/mol. The largest absolute Gasteiger partial charge is 0.481 e. The lowest BCUT2D eigenvalue weighted by Crippen LogP contribution is -2.31. The Morgan fingerprint density at radius 1 is 1.29 bits per heavy atom. The summed E-state index contributed by atoms with van der Waals surface area (Å²) in [5.74, 6) is 0.788. The standard InChI is InChI=1S/C14H15BrO2/c15-12-3-1-9(2-4-12)6-14(13(16)17)7-10-5-11(10)8-14/h1-4,10-11H,5-8H2,(H,16,17). The average Bonchev–Trinajstić information content (AvgIpc) is 2.90. The van der Waals surface area contributed by atoms with Crippen molar-refractivity contribution in [2.75, 3.05) is 0 Å². The van der Waals surface area contributed by atoms with Crippen LogP contribution in [-0.2, 0) is 11.2 Å². The third kappa shape index (κ3) is 2.01. The van der Waals surface area contributed by atoms with Crippen LogP contribution in [0.25, 0.3) is 0 Å². The van der Waals surface area contributed by atoms with Crippen LogP contribution in [0.5, 0.6) is 0 Å². The van der Waals surface area contributed by atoms with E-state index < -0.39 is 11.4 Å². The molecular formula is C14H15BrO2. The molecule has 2 atom stereocenters. The minimum absolute atomic E-state index is 0.485. The van der Waals surface area contributed by atoms with Crippen molar-refractivity contribution in [3.63, 3.8) is 0 Å². The molecule has 1 aromatic carbocycles. The van der Waals surface area contributed by atoms with Gasteiger partial charge in [0, 0.05) is 4.47 Å². The maximum atomic E-state index is 11.6. The molecule has 90 valence electrons. The van der Waals surface area contributed by atoms with E-state index >= 15 is 0 Å². The number of carboxylic acids is 1. The Hall–Kier alpha value is -0.830. The molecule has 0 amide bonds. The number of carboxylic acid groups (broad SMARTS) is 1. The fraction of sp³-hybridized carbons (Fsp3) is 0.500. The molecule has 17 heavy (non-hydrogen) atoms. The van der Waals surface area contributed by atoms with Gasteiger partial charge in [-0.2, -0.15) is 0 Å². The van der Waals surface area contributed by atoms with Crippen molar-refractivity contribution < 1.29 is 9.90 Å². The van der Waals surface area contributed by atoms with Gasteiger partial charge < -0.3 is 5.11 Å². The molecule has 2 unspecified atom stereocenters. The second kappa shape index (κ2) is 3.84. The van der Waals surface area contributed by atoms with Crippen LogP contribution in [0.4, 0.5) is 0 Å². The molecule has 2 nitrogen and oxygen atoms in total. The normalized spacial score (nSPS) is 34.4. The van der Waals surface area contributed by atoms with E-state index in [9.17, 15) is 9.90 Å². The summed E-state index contributed by atoms with van der Waals surface area (Å²) >= 11 is 3.40. The first-order chi connectivity index (χ1) is 8.09. The van der Waals surface area contributed by atoms with Gasteiger partial charge in [0.05, 0.1) is 5.41 Å². The van der Waals surface area contributed by atoms with Crippen LogP contribution in [0.3, 0.4) is 0 Å². The zero-order valence-electron chi connectivity index (χ0n) is 9.53. The van der Waals surface area contributed by atoms with Gasteiger partial charge in [-0.3, -0.25) is 4.79 Å². The maximum Gasteiger partial charge on any atom is 0.309 e.